The molecule has 2 aromatic carbocycles. The lowest BCUT2D eigenvalue weighted by atomic mass is 9.44. The third-order valence-electron chi connectivity index (χ3n) is 15.4. The number of fused-ring (bicyclic) bond motifs is 5. The fourth-order valence-corrected chi connectivity index (χ4v) is 12.1. The van der Waals surface area contributed by atoms with Gasteiger partial charge in [0.15, 0.2) is 11.4 Å². The Morgan fingerprint density at radius 1 is 0.880 bits per heavy atom. The first kappa shape index (κ1) is 58.9. The molecule has 75 heavy (non-hydrogen) atoms. The number of alkyl carbamates (subject to hydrolysis) is 1. The van der Waals surface area contributed by atoms with E-state index in [4.69, 9.17) is 28.4 Å². The number of carbonyl (C=O) groups excluding carboxylic acids is 7. The molecular weight excluding hydrogens is 993 g/mol. The van der Waals surface area contributed by atoms with Gasteiger partial charge >= 0.3 is 30.0 Å². The van der Waals surface area contributed by atoms with Gasteiger partial charge in [-0.15, -0.1) is 11.8 Å². The quantitative estimate of drug-likeness (QED) is 0.0468. The van der Waals surface area contributed by atoms with Crippen LogP contribution in [0.2, 0.25) is 0 Å². The summed E-state index contributed by atoms with van der Waals surface area (Å²) < 4.78 is 36.3. The smallest absolute Gasteiger partial charge is 0.408 e. The highest BCUT2D eigenvalue weighted by atomic mass is 32.2. The molecule has 19 nitrogen and oxygen atoms in total. The highest BCUT2D eigenvalue weighted by Gasteiger charge is 2.77. The second-order valence-corrected chi connectivity index (χ2v) is 23.0. The third-order valence-corrected chi connectivity index (χ3v) is 16.3. The van der Waals surface area contributed by atoms with Gasteiger partial charge in [0.25, 0.3) is 0 Å². The summed E-state index contributed by atoms with van der Waals surface area (Å²) in [6.45, 7) is 15.2. The number of rotatable bonds is 19. The van der Waals surface area contributed by atoms with Crippen LogP contribution in [0.4, 0.5) is 4.79 Å². The molecule has 1 heterocycles. The number of ketones is 1. The molecule has 4 aliphatic rings. The summed E-state index contributed by atoms with van der Waals surface area (Å²) in [7, 11) is 0. The zero-order valence-electron chi connectivity index (χ0n) is 44.4. The molecule has 3 unspecified atom stereocenters. The van der Waals surface area contributed by atoms with E-state index in [-0.39, 0.29) is 46.8 Å². The minimum absolute atomic E-state index is 0.0326. The van der Waals surface area contributed by atoms with Gasteiger partial charge in [0.05, 0.1) is 47.8 Å². The predicted octanol–water partition coefficient (Wildman–Crippen LogP) is 4.99. The number of Topliss-reactive ketones (excluding diaryl/α,β-unsaturated/α-hetero) is 1. The molecule has 2 amide bonds. The van der Waals surface area contributed by atoms with E-state index >= 15 is 4.79 Å². The zero-order chi connectivity index (χ0) is 55.4. The molecule has 2 saturated carbocycles. The maximum Gasteiger partial charge on any atom is 0.408 e. The highest BCUT2D eigenvalue weighted by molar-refractivity contribution is 8.00. The van der Waals surface area contributed by atoms with E-state index in [9.17, 15) is 49.2 Å². The largest absolute Gasteiger partial charge is 0.455 e. The van der Waals surface area contributed by atoms with Crippen molar-refractivity contribution in [1.29, 1.82) is 0 Å². The summed E-state index contributed by atoms with van der Waals surface area (Å²) in [6, 6.07) is 13.7. The first-order valence-electron chi connectivity index (χ1n) is 25.5. The molecule has 3 aliphatic carbocycles. The van der Waals surface area contributed by atoms with Crippen LogP contribution in [0.15, 0.2) is 71.8 Å². The number of thioether (sulfide) groups is 1. The van der Waals surface area contributed by atoms with Crippen molar-refractivity contribution in [2.75, 3.05) is 18.1 Å². The summed E-state index contributed by atoms with van der Waals surface area (Å²) in [4.78, 5) is 95.5. The SMILES string of the molecule is CCCCCC(NC(=O)CSCC(=O)OC(C(=O)OC1C[C@@]2(O)[C@@H](OC(=O)c3ccccc3)[C@@H]3[C@]4(OC(C)=O)CO[C@@H]4C[C@H](O)[C@@]3(C)[C@H](O)[C@H](O)C(=C1C)C2(C)C)[C@@H](NC(=O)OC(C)(C)C)c1ccccc1)C(C)=O. The van der Waals surface area contributed by atoms with Crippen LogP contribution >= 0.6 is 11.8 Å². The summed E-state index contributed by atoms with van der Waals surface area (Å²) >= 11 is 0.853. The van der Waals surface area contributed by atoms with E-state index in [1.54, 1.807) is 83.1 Å². The van der Waals surface area contributed by atoms with E-state index in [0.29, 0.717) is 6.42 Å². The molecular formula is C55H74N2O17S. The van der Waals surface area contributed by atoms with Gasteiger partial charge in [-0.3, -0.25) is 19.2 Å². The Labute approximate surface area is 442 Å². The van der Waals surface area contributed by atoms with Crippen LogP contribution < -0.4 is 10.6 Å². The Kier molecular flexibility index (Phi) is 18.4. The number of ether oxygens (including phenoxy) is 6. The molecule has 6 N–H and O–H groups in total. The van der Waals surface area contributed by atoms with E-state index in [0.717, 1.165) is 37.9 Å². The number of benzene rings is 2. The summed E-state index contributed by atoms with van der Waals surface area (Å²) in [5.41, 5.74) is -8.33. The highest BCUT2D eigenvalue weighted by Crippen LogP contribution is 2.65. The second kappa shape index (κ2) is 23.5. The van der Waals surface area contributed by atoms with Crippen molar-refractivity contribution in [2.24, 2.45) is 16.7 Å². The number of aliphatic hydroxyl groups is 4. The Bertz CT molecular complexity index is 2460. The zero-order valence-corrected chi connectivity index (χ0v) is 45.2. The van der Waals surface area contributed by atoms with E-state index in [2.05, 4.69) is 10.6 Å². The summed E-state index contributed by atoms with van der Waals surface area (Å²) in [6.07, 6.45) is -10.5. The number of unbranched alkanes of at least 4 members (excludes halogenated alkanes) is 2. The van der Waals surface area contributed by atoms with E-state index in [1.165, 1.54) is 32.9 Å². The lowest BCUT2D eigenvalue weighted by molar-refractivity contribution is -0.365. The van der Waals surface area contributed by atoms with Crippen LogP contribution in [-0.2, 0) is 52.4 Å². The number of esters is 4. The van der Waals surface area contributed by atoms with Crippen molar-refractivity contribution in [3.63, 3.8) is 0 Å². The molecule has 3 fully saturated rings. The van der Waals surface area contributed by atoms with Gasteiger partial charge in [0.2, 0.25) is 12.0 Å². The monoisotopic (exact) mass is 1070 g/mol. The van der Waals surface area contributed by atoms with Crippen molar-refractivity contribution in [2.45, 2.75) is 179 Å². The number of aliphatic hydroxyl groups excluding tert-OH is 3. The van der Waals surface area contributed by atoms with Crippen molar-refractivity contribution in [3.8, 4) is 0 Å². The van der Waals surface area contributed by atoms with Crippen molar-refractivity contribution < 1.29 is 82.4 Å². The van der Waals surface area contributed by atoms with Crippen LogP contribution in [0.25, 0.3) is 0 Å². The average Bonchev–Trinajstić information content (AvgIpc) is 3.33. The molecule has 20 heteroatoms. The van der Waals surface area contributed by atoms with Crippen LogP contribution in [0, 0.1) is 16.7 Å². The molecule has 0 spiro atoms. The molecule has 0 aromatic heterocycles. The normalized spacial score (nSPS) is 29.9. The van der Waals surface area contributed by atoms with Crippen LogP contribution in [0.5, 0.6) is 0 Å². The molecule has 1 saturated heterocycles. The Morgan fingerprint density at radius 2 is 1.52 bits per heavy atom. The molecule has 6 rings (SSSR count). The molecule has 13 atom stereocenters. The topological polar surface area (TPSA) is 280 Å². The lowest BCUT2D eigenvalue weighted by Crippen LogP contribution is -2.82. The van der Waals surface area contributed by atoms with Gasteiger partial charge in [-0.25, -0.2) is 14.4 Å². The van der Waals surface area contributed by atoms with E-state index in [1.807, 2.05) is 6.92 Å². The predicted molar refractivity (Wildman–Crippen MR) is 273 cm³/mol. The number of nitrogens with one attached hydrogen (secondary N) is 2. The molecule has 2 bridgehead atoms. The van der Waals surface area contributed by atoms with Gasteiger partial charge < -0.3 is 59.5 Å². The van der Waals surface area contributed by atoms with Crippen molar-refractivity contribution in [1.82, 2.24) is 10.6 Å². The molecule has 2 aromatic rings. The maximum absolute atomic E-state index is 15.2. The maximum atomic E-state index is 15.2. The Morgan fingerprint density at radius 3 is 2.09 bits per heavy atom. The fraction of sp³-hybridized carbons (Fsp3) is 0.618. The minimum atomic E-state index is -2.43. The first-order valence-corrected chi connectivity index (χ1v) is 26.6. The number of hydrogen-bond donors (Lipinski definition) is 6. The third kappa shape index (κ3) is 12.3. The van der Waals surface area contributed by atoms with Crippen LogP contribution in [-0.4, -0.2) is 146 Å². The average molecular weight is 1070 g/mol. The fourth-order valence-electron chi connectivity index (χ4n) is 11.5. The van der Waals surface area contributed by atoms with E-state index < -0.39 is 136 Å². The van der Waals surface area contributed by atoms with Gasteiger partial charge in [-0.2, -0.15) is 0 Å². The number of carbonyl (C=O) groups is 7. The molecule has 412 valence electrons. The Hall–Kier alpha value is -5.38. The van der Waals surface area contributed by atoms with Gasteiger partial charge in [-0.1, -0.05) is 95.5 Å². The molecule has 1 aliphatic heterocycles. The van der Waals surface area contributed by atoms with Crippen LogP contribution in [0.3, 0.4) is 0 Å². The standard InChI is InChI=1S/C55H74N2O17S/c1-11-12-15-24-35(31(3)58)56-39(61)27-75-28-40(62)71-44(42(33-20-16-13-17-21-33)57-50(67)74-51(5,6)7)49(66)70-36-26-55(68)47(72-48(65)34-22-18-14-19-23-34)45-53(10,46(64)43(63)41(30(36)2)52(55,8)9)37(60)25-38-54(45,29-69-38)73-32(4)59/h13-14,16-23,35-38,42-47,60,63-64,68H,11-12,15,24-29H2,1-10H3,(H,56,61)(H,57,67)/t35?,36?,37-,38+,42-,43+,44?,45-,46+,47-,53+,54-,55+/m0/s1. The molecule has 0 radical (unpaired) electrons. The number of hydrogen-bond acceptors (Lipinski definition) is 18. The van der Waals surface area contributed by atoms with Gasteiger partial charge in [0.1, 0.15) is 41.7 Å². The lowest BCUT2D eigenvalue weighted by Gasteiger charge is -2.69. The number of amides is 2. The summed E-state index contributed by atoms with van der Waals surface area (Å²) in [5, 5.41) is 56.5. The summed E-state index contributed by atoms with van der Waals surface area (Å²) in [5.74, 6) is -6.94. The minimum Gasteiger partial charge on any atom is -0.455 e. The van der Waals surface area contributed by atoms with Crippen molar-refractivity contribution in [3.05, 3.63) is 82.9 Å². The first-order chi connectivity index (χ1) is 35.1. The van der Waals surface area contributed by atoms with Gasteiger partial charge in [0, 0.05) is 30.6 Å². The van der Waals surface area contributed by atoms with Crippen molar-refractivity contribution >= 4 is 53.4 Å². The second-order valence-electron chi connectivity index (χ2n) is 22.0. The Balaban J connectivity index is 1.43. The van der Waals surface area contributed by atoms with Crippen LogP contribution in [0.1, 0.15) is 130 Å². The van der Waals surface area contributed by atoms with Gasteiger partial charge in [-0.05, 0) is 69.9 Å².